The summed E-state index contributed by atoms with van der Waals surface area (Å²) in [7, 11) is 4.62. The molecule has 0 unspecified atom stereocenters. The Balaban J connectivity index is 1.68. The number of hydrogen-bond donors (Lipinski definition) is 1. The van der Waals surface area contributed by atoms with Crippen molar-refractivity contribution in [2.24, 2.45) is 0 Å². The van der Waals surface area contributed by atoms with Gasteiger partial charge in [0.15, 0.2) is 17.3 Å². The quantitative estimate of drug-likeness (QED) is 0.668. The molecule has 1 fully saturated rings. The van der Waals surface area contributed by atoms with E-state index in [1.807, 2.05) is 0 Å². The Bertz CT molecular complexity index is 1040. The third-order valence-electron chi connectivity index (χ3n) is 6.20. The summed E-state index contributed by atoms with van der Waals surface area (Å²) < 4.78 is 22.2. The SMILES string of the molecule is COc1cc(C=C2Oc3c(ccc(O)c3CN3CCCC[C@H]3C)C2=O)cc(OC)c1OC. The number of piperidine rings is 1. The first-order valence-electron chi connectivity index (χ1n) is 10.8. The largest absolute Gasteiger partial charge is 0.507 e. The van der Waals surface area contributed by atoms with Crippen molar-refractivity contribution < 1.29 is 28.8 Å². The second-order valence-electron chi connectivity index (χ2n) is 8.15. The van der Waals surface area contributed by atoms with Crippen LogP contribution < -0.4 is 18.9 Å². The third kappa shape index (κ3) is 4.00. The molecule has 7 heteroatoms. The number of allylic oxidation sites excluding steroid dienone is 1. The first kappa shape index (κ1) is 22.0. The van der Waals surface area contributed by atoms with Crippen LogP contribution in [0.5, 0.6) is 28.7 Å². The summed E-state index contributed by atoms with van der Waals surface area (Å²) >= 11 is 0. The van der Waals surface area contributed by atoms with Crippen molar-refractivity contribution in [1.29, 1.82) is 0 Å². The number of likely N-dealkylation sites (tertiary alicyclic amines) is 1. The molecule has 0 saturated carbocycles. The fourth-order valence-corrected chi connectivity index (χ4v) is 4.38. The van der Waals surface area contributed by atoms with Crippen molar-refractivity contribution in [3.63, 3.8) is 0 Å². The van der Waals surface area contributed by atoms with Gasteiger partial charge in [0, 0.05) is 12.6 Å². The molecule has 0 spiro atoms. The first-order chi connectivity index (χ1) is 15.5. The number of aromatic hydroxyl groups is 1. The molecule has 2 aliphatic heterocycles. The molecule has 32 heavy (non-hydrogen) atoms. The molecular weight excluding hydrogens is 410 g/mol. The molecule has 0 bridgehead atoms. The lowest BCUT2D eigenvalue weighted by Gasteiger charge is -2.33. The number of carbonyl (C=O) groups is 1. The zero-order valence-electron chi connectivity index (χ0n) is 18.9. The molecule has 2 aliphatic rings. The zero-order valence-corrected chi connectivity index (χ0v) is 18.9. The number of ether oxygens (including phenoxy) is 4. The number of carbonyl (C=O) groups excluding carboxylic acids is 1. The average Bonchev–Trinajstić information content (AvgIpc) is 3.11. The van der Waals surface area contributed by atoms with Crippen LogP contribution in [0.4, 0.5) is 0 Å². The van der Waals surface area contributed by atoms with Crippen LogP contribution in [0.25, 0.3) is 6.08 Å². The Morgan fingerprint density at radius 3 is 2.47 bits per heavy atom. The van der Waals surface area contributed by atoms with E-state index >= 15 is 0 Å². The highest BCUT2D eigenvalue weighted by atomic mass is 16.5. The summed E-state index contributed by atoms with van der Waals surface area (Å²) in [6.45, 7) is 3.70. The molecule has 170 valence electrons. The Morgan fingerprint density at radius 1 is 1.12 bits per heavy atom. The molecule has 0 radical (unpaired) electrons. The lowest BCUT2D eigenvalue weighted by Crippen LogP contribution is -2.36. The van der Waals surface area contributed by atoms with Gasteiger partial charge >= 0.3 is 0 Å². The standard InChI is InChI=1S/C25H29NO6/c1-15-7-5-6-10-26(15)14-18-19(27)9-8-17-23(28)20(32-24(17)18)11-16-12-21(29-2)25(31-4)22(13-16)30-3/h8-9,11-13,15,27H,5-7,10,14H2,1-4H3/t15-/m1/s1. The summed E-state index contributed by atoms with van der Waals surface area (Å²) in [5.74, 6) is 1.99. The normalized spacial score (nSPS) is 19.6. The van der Waals surface area contributed by atoms with E-state index in [1.54, 1.807) is 30.3 Å². The van der Waals surface area contributed by atoms with Crippen molar-refractivity contribution in [3.05, 3.63) is 46.7 Å². The summed E-state index contributed by atoms with van der Waals surface area (Å²) in [4.78, 5) is 15.4. The molecular formula is C25H29NO6. The smallest absolute Gasteiger partial charge is 0.231 e. The summed E-state index contributed by atoms with van der Waals surface area (Å²) in [5, 5.41) is 10.6. The number of phenolic OH excluding ortho intramolecular Hbond substituents is 1. The second kappa shape index (κ2) is 9.12. The fourth-order valence-electron chi connectivity index (χ4n) is 4.38. The minimum absolute atomic E-state index is 0.142. The number of rotatable bonds is 6. The van der Waals surface area contributed by atoms with Gasteiger partial charge in [-0.2, -0.15) is 0 Å². The average molecular weight is 440 g/mol. The van der Waals surface area contributed by atoms with Gasteiger partial charge in [-0.05, 0) is 62.2 Å². The van der Waals surface area contributed by atoms with Gasteiger partial charge < -0.3 is 24.1 Å². The van der Waals surface area contributed by atoms with E-state index < -0.39 is 0 Å². The highest BCUT2D eigenvalue weighted by molar-refractivity contribution is 6.15. The van der Waals surface area contributed by atoms with Crippen molar-refractivity contribution in [2.45, 2.75) is 38.8 Å². The van der Waals surface area contributed by atoms with Gasteiger partial charge in [-0.1, -0.05) is 6.42 Å². The lowest BCUT2D eigenvalue weighted by atomic mass is 10.0. The van der Waals surface area contributed by atoms with Gasteiger partial charge in [-0.25, -0.2) is 0 Å². The summed E-state index contributed by atoms with van der Waals surface area (Å²) in [6, 6.07) is 7.12. The molecule has 4 rings (SSSR count). The van der Waals surface area contributed by atoms with Crippen LogP contribution in [0.15, 0.2) is 30.0 Å². The van der Waals surface area contributed by atoms with Gasteiger partial charge in [0.25, 0.3) is 0 Å². The van der Waals surface area contributed by atoms with Crippen LogP contribution >= 0.6 is 0 Å². The second-order valence-corrected chi connectivity index (χ2v) is 8.15. The predicted octanol–water partition coefficient (Wildman–Crippen LogP) is 4.41. The van der Waals surface area contributed by atoms with E-state index in [0.717, 1.165) is 19.4 Å². The van der Waals surface area contributed by atoms with Crippen LogP contribution in [-0.2, 0) is 6.54 Å². The van der Waals surface area contributed by atoms with Crippen LogP contribution in [0.2, 0.25) is 0 Å². The Kier molecular flexibility index (Phi) is 6.28. The van der Waals surface area contributed by atoms with Gasteiger partial charge in [-0.3, -0.25) is 9.69 Å². The van der Waals surface area contributed by atoms with Gasteiger partial charge in [0.05, 0.1) is 32.5 Å². The number of benzene rings is 2. The summed E-state index contributed by atoms with van der Waals surface area (Å²) in [5.41, 5.74) is 1.78. The number of Topliss-reactive ketones (excluding diaryl/α,β-unsaturated/α-hetero) is 1. The van der Waals surface area contributed by atoms with Crippen LogP contribution in [-0.4, -0.2) is 49.7 Å². The number of ketones is 1. The molecule has 2 aromatic carbocycles. The van der Waals surface area contributed by atoms with E-state index in [9.17, 15) is 9.90 Å². The first-order valence-corrected chi connectivity index (χ1v) is 10.8. The number of methoxy groups -OCH3 is 3. The maximum absolute atomic E-state index is 13.1. The number of phenols is 1. The highest BCUT2D eigenvalue weighted by Crippen LogP contribution is 2.42. The molecule has 7 nitrogen and oxygen atoms in total. The van der Waals surface area contributed by atoms with E-state index in [2.05, 4.69) is 11.8 Å². The van der Waals surface area contributed by atoms with E-state index in [1.165, 1.54) is 27.8 Å². The number of fused-ring (bicyclic) bond motifs is 1. The van der Waals surface area contributed by atoms with Crippen molar-refractivity contribution >= 4 is 11.9 Å². The fraction of sp³-hybridized carbons (Fsp3) is 0.400. The van der Waals surface area contributed by atoms with Crippen LogP contribution in [0.3, 0.4) is 0 Å². The van der Waals surface area contributed by atoms with Crippen LogP contribution in [0.1, 0.15) is 47.7 Å². The molecule has 2 aromatic rings. The maximum Gasteiger partial charge on any atom is 0.231 e. The van der Waals surface area contributed by atoms with E-state index in [-0.39, 0.29) is 17.3 Å². The van der Waals surface area contributed by atoms with E-state index in [4.69, 9.17) is 18.9 Å². The topological polar surface area (TPSA) is 77.5 Å². The summed E-state index contributed by atoms with van der Waals surface area (Å²) in [6.07, 6.45) is 5.12. The molecule has 1 saturated heterocycles. The molecule has 1 atom stereocenters. The lowest BCUT2D eigenvalue weighted by molar-refractivity contribution is 0.101. The van der Waals surface area contributed by atoms with Gasteiger partial charge in [0.1, 0.15) is 11.5 Å². The maximum atomic E-state index is 13.1. The monoisotopic (exact) mass is 439 g/mol. The van der Waals surface area contributed by atoms with Crippen molar-refractivity contribution in [3.8, 4) is 28.7 Å². The van der Waals surface area contributed by atoms with Gasteiger partial charge in [-0.15, -0.1) is 0 Å². The zero-order chi connectivity index (χ0) is 22.8. The molecule has 2 heterocycles. The van der Waals surface area contributed by atoms with E-state index in [0.29, 0.717) is 52.3 Å². The van der Waals surface area contributed by atoms with Crippen molar-refractivity contribution in [2.75, 3.05) is 27.9 Å². The minimum atomic E-state index is -0.221. The Hall–Kier alpha value is -3.19. The van der Waals surface area contributed by atoms with Crippen molar-refractivity contribution in [1.82, 2.24) is 4.90 Å². The number of nitrogens with zero attached hydrogens (tertiary/aromatic N) is 1. The Morgan fingerprint density at radius 2 is 1.84 bits per heavy atom. The van der Waals surface area contributed by atoms with Gasteiger partial charge in [0.2, 0.25) is 11.5 Å². The number of hydrogen-bond acceptors (Lipinski definition) is 7. The molecule has 0 amide bonds. The molecule has 0 aliphatic carbocycles. The molecule has 1 N–H and O–H groups in total. The molecule has 0 aromatic heterocycles. The highest BCUT2D eigenvalue weighted by Gasteiger charge is 2.32. The Labute approximate surface area is 188 Å². The predicted molar refractivity (Wildman–Crippen MR) is 121 cm³/mol. The third-order valence-corrected chi connectivity index (χ3v) is 6.20. The minimum Gasteiger partial charge on any atom is -0.507 e. The van der Waals surface area contributed by atoms with Crippen LogP contribution in [0, 0.1) is 0 Å².